The molecular weight excluding hydrogens is 348 g/mol. The van der Waals surface area contributed by atoms with Gasteiger partial charge in [-0.3, -0.25) is 14.9 Å². The molecule has 0 amide bonds. The molecule has 0 aliphatic carbocycles. The third-order valence-corrected chi connectivity index (χ3v) is 4.45. The highest BCUT2D eigenvalue weighted by Crippen LogP contribution is 2.27. The number of hydrogen-bond acceptors (Lipinski definition) is 6. The maximum absolute atomic E-state index is 11.8. The summed E-state index contributed by atoms with van der Waals surface area (Å²) < 4.78 is 2.05. The summed E-state index contributed by atoms with van der Waals surface area (Å²) in [5.74, 6) is 0.874. The van der Waals surface area contributed by atoms with Crippen LogP contribution >= 0.6 is 0 Å². The van der Waals surface area contributed by atoms with Crippen LogP contribution in [0.2, 0.25) is 0 Å². The lowest BCUT2D eigenvalue weighted by Gasteiger charge is -2.10. The highest BCUT2D eigenvalue weighted by molar-refractivity contribution is 5.86. The van der Waals surface area contributed by atoms with Crippen LogP contribution in [0, 0.1) is 17.0 Å². The van der Waals surface area contributed by atoms with Crippen molar-refractivity contribution in [3.63, 3.8) is 0 Å². The van der Waals surface area contributed by atoms with Gasteiger partial charge in [-0.1, -0.05) is 12.1 Å². The van der Waals surface area contributed by atoms with Crippen molar-refractivity contribution in [2.24, 2.45) is 0 Å². The molecule has 9 heteroatoms. The van der Waals surface area contributed by atoms with E-state index in [1.165, 1.54) is 18.5 Å². The van der Waals surface area contributed by atoms with E-state index in [0.29, 0.717) is 24.3 Å². The number of nitrogens with zero attached hydrogens (tertiary/aromatic N) is 4. The van der Waals surface area contributed by atoms with Crippen molar-refractivity contribution < 1.29 is 4.92 Å². The van der Waals surface area contributed by atoms with E-state index in [4.69, 9.17) is 0 Å². The Morgan fingerprint density at radius 3 is 2.89 bits per heavy atom. The van der Waals surface area contributed by atoms with Gasteiger partial charge in [-0.2, -0.15) is 0 Å². The van der Waals surface area contributed by atoms with Crippen LogP contribution in [0.5, 0.6) is 0 Å². The van der Waals surface area contributed by atoms with Gasteiger partial charge in [0.2, 0.25) is 0 Å². The molecule has 0 saturated carbocycles. The second kappa shape index (κ2) is 6.52. The Labute approximate surface area is 152 Å². The van der Waals surface area contributed by atoms with Crippen LogP contribution in [0.1, 0.15) is 5.82 Å². The molecule has 2 aromatic carbocycles. The molecule has 2 N–H and O–H groups in total. The molecule has 0 fully saturated rings. The molecule has 4 rings (SSSR count). The predicted molar refractivity (Wildman–Crippen MR) is 102 cm³/mol. The van der Waals surface area contributed by atoms with E-state index in [2.05, 4.69) is 24.8 Å². The average Bonchev–Trinajstić information content (AvgIpc) is 2.97. The van der Waals surface area contributed by atoms with Crippen molar-refractivity contribution in [3.8, 4) is 0 Å². The van der Waals surface area contributed by atoms with Crippen LogP contribution in [0.3, 0.4) is 0 Å². The van der Waals surface area contributed by atoms with Gasteiger partial charge < -0.3 is 14.9 Å². The van der Waals surface area contributed by atoms with Gasteiger partial charge >= 0.3 is 0 Å². The zero-order chi connectivity index (χ0) is 19.0. The maximum Gasteiger partial charge on any atom is 0.293 e. The van der Waals surface area contributed by atoms with E-state index in [1.807, 2.05) is 31.2 Å². The summed E-state index contributed by atoms with van der Waals surface area (Å²) in [6.45, 7) is 2.97. The van der Waals surface area contributed by atoms with E-state index in [0.717, 1.165) is 16.9 Å². The van der Waals surface area contributed by atoms with E-state index in [-0.39, 0.29) is 11.1 Å². The third-order valence-electron chi connectivity index (χ3n) is 4.45. The molecule has 27 heavy (non-hydrogen) atoms. The normalized spacial score (nSPS) is 11.1. The zero-order valence-electron chi connectivity index (χ0n) is 14.5. The van der Waals surface area contributed by atoms with E-state index >= 15 is 0 Å². The number of aryl methyl sites for hydroxylation is 1. The molecule has 0 aliphatic heterocycles. The third kappa shape index (κ3) is 2.99. The molecule has 2 aromatic heterocycles. The number of H-pyrrole nitrogens is 1. The molecule has 0 saturated heterocycles. The SMILES string of the molecule is Cc1nc2ccccc2n1CCNc1cc2nc[nH]c(=O)c2cc1[N+](=O)[O-]. The van der Waals surface area contributed by atoms with Crippen molar-refractivity contribution >= 4 is 33.3 Å². The number of nitro benzene ring substituents is 1. The zero-order valence-corrected chi connectivity index (χ0v) is 14.5. The number of aromatic amines is 1. The van der Waals surface area contributed by atoms with Gasteiger partial charge in [-0.15, -0.1) is 0 Å². The van der Waals surface area contributed by atoms with Crippen molar-refractivity contribution in [2.75, 3.05) is 11.9 Å². The topological polar surface area (TPSA) is 119 Å². The van der Waals surface area contributed by atoms with Crippen LogP contribution in [-0.4, -0.2) is 31.0 Å². The highest BCUT2D eigenvalue weighted by atomic mass is 16.6. The number of hydrogen-bond donors (Lipinski definition) is 2. The van der Waals surface area contributed by atoms with Gasteiger partial charge in [0.15, 0.2) is 0 Å². The average molecular weight is 364 g/mol. The molecule has 4 aromatic rings. The molecule has 9 nitrogen and oxygen atoms in total. The summed E-state index contributed by atoms with van der Waals surface area (Å²) in [6, 6.07) is 10.6. The Hall–Kier alpha value is -3.75. The predicted octanol–water partition coefficient (Wildman–Crippen LogP) is 2.60. The van der Waals surface area contributed by atoms with E-state index in [9.17, 15) is 14.9 Å². The number of fused-ring (bicyclic) bond motifs is 2. The first-order valence-electron chi connectivity index (χ1n) is 8.36. The van der Waals surface area contributed by atoms with E-state index in [1.54, 1.807) is 0 Å². The molecule has 0 aliphatic rings. The molecule has 136 valence electrons. The minimum Gasteiger partial charge on any atom is -0.378 e. The summed E-state index contributed by atoms with van der Waals surface area (Å²) in [6.07, 6.45) is 1.28. The Bertz CT molecular complexity index is 1230. The fraction of sp³-hybridized carbons (Fsp3) is 0.167. The monoisotopic (exact) mass is 364 g/mol. The van der Waals surface area contributed by atoms with Crippen molar-refractivity contribution in [1.29, 1.82) is 0 Å². The van der Waals surface area contributed by atoms with Crippen molar-refractivity contribution in [1.82, 2.24) is 19.5 Å². The van der Waals surface area contributed by atoms with Crippen LogP contribution < -0.4 is 10.9 Å². The molecule has 0 bridgehead atoms. The summed E-state index contributed by atoms with van der Waals surface area (Å²) >= 11 is 0. The smallest absolute Gasteiger partial charge is 0.293 e. The summed E-state index contributed by atoms with van der Waals surface area (Å²) in [4.78, 5) is 33.8. The molecular formula is C18H16N6O3. The minimum atomic E-state index is -0.508. The van der Waals surface area contributed by atoms with Crippen LogP contribution in [0.15, 0.2) is 47.5 Å². The van der Waals surface area contributed by atoms with Crippen LogP contribution in [-0.2, 0) is 6.54 Å². The fourth-order valence-corrected chi connectivity index (χ4v) is 3.18. The summed E-state index contributed by atoms with van der Waals surface area (Å²) in [5, 5.41) is 14.7. The van der Waals surface area contributed by atoms with E-state index < -0.39 is 10.5 Å². The second-order valence-corrected chi connectivity index (χ2v) is 6.10. The first-order chi connectivity index (χ1) is 13.0. The van der Waals surface area contributed by atoms with Gasteiger partial charge in [-0.05, 0) is 25.1 Å². The number of anilines is 1. The maximum atomic E-state index is 11.8. The Morgan fingerprint density at radius 1 is 1.26 bits per heavy atom. The lowest BCUT2D eigenvalue weighted by atomic mass is 10.2. The van der Waals surface area contributed by atoms with Crippen molar-refractivity contribution in [3.05, 3.63) is 69.0 Å². The lowest BCUT2D eigenvalue weighted by molar-refractivity contribution is -0.383. The number of nitrogens with one attached hydrogen (secondary N) is 2. The van der Waals surface area contributed by atoms with Crippen molar-refractivity contribution in [2.45, 2.75) is 13.5 Å². The number of rotatable bonds is 5. The van der Waals surface area contributed by atoms with Gasteiger partial charge in [0.1, 0.15) is 11.5 Å². The molecule has 2 heterocycles. The first-order valence-corrected chi connectivity index (χ1v) is 8.36. The lowest BCUT2D eigenvalue weighted by Crippen LogP contribution is -2.13. The minimum absolute atomic E-state index is 0.159. The number of benzene rings is 2. The van der Waals surface area contributed by atoms with Gasteiger partial charge in [0, 0.05) is 19.2 Å². The number of aromatic nitrogens is 4. The Morgan fingerprint density at radius 2 is 2.07 bits per heavy atom. The van der Waals surface area contributed by atoms with Gasteiger partial charge in [-0.25, -0.2) is 9.97 Å². The first kappa shape index (κ1) is 16.7. The largest absolute Gasteiger partial charge is 0.378 e. The van der Waals surface area contributed by atoms with Gasteiger partial charge in [0.05, 0.1) is 33.2 Å². The number of para-hydroxylation sites is 2. The molecule has 0 atom stereocenters. The molecule has 0 unspecified atom stereocenters. The Balaban J connectivity index is 1.63. The standard InChI is InChI=1S/C18H16N6O3/c1-11-22-13-4-2-3-5-16(13)23(11)7-6-19-15-9-14-12(8-17(15)24(26)27)18(25)21-10-20-14/h2-5,8-10,19H,6-7H2,1H3,(H,20,21,25). The quantitative estimate of drug-likeness (QED) is 0.415. The molecule has 0 spiro atoms. The number of imidazole rings is 1. The summed E-state index contributed by atoms with van der Waals surface area (Å²) in [7, 11) is 0. The fourth-order valence-electron chi connectivity index (χ4n) is 3.18. The van der Waals surface area contributed by atoms with Crippen LogP contribution in [0.25, 0.3) is 21.9 Å². The van der Waals surface area contributed by atoms with Gasteiger partial charge in [0.25, 0.3) is 11.2 Å². The second-order valence-electron chi connectivity index (χ2n) is 6.10. The Kier molecular flexibility index (Phi) is 4.03. The van der Waals surface area contributed by atoms with Crippen LogP contribution in [0.4, 0.5) is 11.4 Å². The summed E-state index contributed by atoms with van der Waals surface area (Å²) in [5.41, 5.74) is 2.08. The number of nitro groups is 1. The highest BCUT2D eigenvalue weighted by Gasteiger charge is 2.17. The molecule has 0 radical (unpaired) electrons.